The van der Waals surface area contributed by atoms with Crippen LogP contribution in [0.3, 0.4) is 0 Å². The minimum absolute atomic E-state index is 0. The van der Waals surface area contributed by atoms with Gasteiger partial charge in [0.05, 0.1) is 15.7 Å². The van der Waals surface area contributed by atoms with Crippen LogP contribution < -0.4 is 40.0 Å². The van der Waals surface area contributed by atoms with Crippen LogP contribution in [-0.4, -0.2) is 5.97 Å². The van der Waals surface area contributed by atoms with Gasteiger partial charge in [0.15, 0.2) is 0 Å². The van der Waals surface area contributed by atoms with Crippen LogP contribution in [0.2, 0.25) is 10.0 Å². The van der Waals surface area contributed by atoms with Gasteiger partial charge in [-0.15, -0.1) is 0 Å². The largest absolute Gasteiger partial charge is 1.00 e. The molecule has 0 amide bonds. The molecule has 0 radical (unpaired) electrons. The van der Waals surface area contributed by atoms with Crippen LogP contribution >= 0.6 is 23.2 Å². The summed E-state index contributed by atoms with van der Waals surface area (Å²) in [5, 5.41) is 14.4. The molecular weight excluding hydrogens is 327 g/mol. The molecule has 0 atom stereocenters. The number of carboxylic acid groups (broad SMARTS) is 1. The number of para-hydroxylation sites is 1. The van der Waals surface area contributed by atoms with Crippen LogP contribution in [0.5, 0.6) is 0 Å². The number of carboxylic acids is 1. The van der Waals surface area contributed by atoms with Crippen molar-refractivity contribution in [3.8, 4) is 0 Å². The first kappa shape index (κ1) is 18.3. The van der Waals surface area contributed by atoms with Crippen molar-refractivity contribution in [3.63, 3.8) is 0 Å². The molecule has 2 aromatic carbocycles. The van der Waals surface area contributed by atoms with E-state index in [0.717, 1.165) is 6.07 Å². The van der Waals surface area contributed by atoms with Gasteiger partial charge in [0.1, 0.15) is 5.82 Å². The van der Waals surface area contributed by atoms with Gasteiger partial charge in [0.2, 0.25) is 0 Å². The Kier molecular flexibility index (Phi) is 6.97. The van der Waals surface area contributed by atoms with Crippen molar-refractivity contribution in [1.82, 2.24) is 0 Å². The quantitative estimate of drug-likeness (QED) is 0.810. The van der Waals surface area contributed by atoms with E-state index < -0.39 is 18.2 Å². The predicted molar refractivity (Wildman–Crippen MR) is 74.9 cm³/mol. The van der Waals surface area contributed by atoms with Gasteiger partial charge >= 0.3 is 29.6 Å². The smallest absolute Gasteiger partial charge is 0.550 e. The van der Waals surface area contributed by atoms with Crippen molar-refractivity contribution in [3.05, 3.63) is 57.8 Å². The monoisotopic (exact) mass is 335 g/mol. The molecule has 0 aromatic heterocycles. The summed E-state index contributed by atoms with van der Waals surface area (Å²) < 4.78 is 13.2. The van der Waals surface area contributed by atoms with E-state index in [-0.39, 0.29) is 35.1 Å². The number of hydrogen-bond donors (Lipinski definition) is 1. The maximum Gasteiger partial charge on any atom is 1.00 e. The van der Waals surface area contributed by atoms with Crippen molar-refractivity contribution >= 4 is 40.5 Å². The first-order valence-corrected chi connectivity index (χ1v) is 6.42. The third kappa shape index (κ3) is 4.87. The van der Waals surface area contributed by atoms with Crippen LogP contribution in [0.1, 0.15) is 5.56 Å². The molecule has 3 nitrogen and oxygen atoms in total. The van der Waals surface area contributed by atoms with Gasteiger partial charge in [-0.3, -0.25) is 0 Å². The fraction of sp³-hybridized carbons (Fsp3) is 0.0714. The van der Waals surface area contributed by atoms with Crippen LogP contribution in [0.25, 0.3) is 0 Å². The summed E-state index contributed by atoms with van der Waals surface area (Å²) in [5.41, 5.74) is 1.09. The fourth-order valence-corrected chi connectivity index (χ4v) is 2.23. The first-order chi connectivity index (χ1) is 9.47. The van der Waals surface area contributed by atoms with Crippen molar-refractivity contribution < 1.29 is 43.8 Å². The van der Waals surface area contributed by atoms with Crippen LogP contribution in [0, 0.1) is 5.82 Å². The summed E-state index contributed by atoms with van der Waals surface area (Å²) in [5.74, 6) is -1.83. The first-order valence-electron chi connectivity index (χ1n) is 5.66. The minimum Gasteiger partial charge on any atom is -0.550 e. The van der Waals surface area contributed by atoms with Crippen molar-refractivity contribution in [2.24, 2.45) is 0 Å². The van der Waals surface area contributed by atoms with E-state index in [1.54, 1.807) is 18.2 Å². The van der Waals surface area contributed by atoms with Gasteiger partial charge < -0.3 is 15.2 Å². The van der Waals surface area contributed by atoms with E-state index in [9.17, 15) is 14.3 Å². The Bertz CT molecular complexity index is 647. The second-order valence-electron chi connectivity index (χ2n) is 4.07. The summed E-state index contributed by atoms with van der Waals surface area (Å²) in [4.78, 5) is 10.7. The number of carbonyl (C=O) groups excluding carboxylic acids is 1. The van der Waals surface area contributed by atoms with Crippen LogP contribution in [-0.2, 0) is 11.2 Å². The minimum atomic E-state index is -1.30. The summed E-state index contributed by atoms with van der Waals surface area (Å²) >= 11 is 12.0. The molecule has 0 aliphatic heterocycles. The SMILES string of the molecule is O=C([O-])Cc1cc(F)ccc1Nc1c(Cl)cccc1Cl.[Na+]. The van der Waals surface area contributed by atoms with E-state index in [4.69, 9.17) is 23.2 Å². The van der Waals surface area contributed by atoms with Crippen molar-refractivity contribution in [2.75, 3.05) is 5.32 Å². The summed E-state index contributed by atoms with van der Waals surface area (Å²) in [6.45, 7) is 0. The molecule has 104 valence electrons. The Morgan fingerprint density at radius 2 is 1.81 bits per heavy atom. The topological polar surface area (TPSA) is 52.2 Å². The average molecular weight is 336 g/mol. The third-order valence-electron chi connectivity index (χ3n) is 2.62. The Balaban J connectivity index is 0.00000220. The molecule has 2 aromatic rings. The average Bonchev–Trinajstić information content (AvgIpc) is 2.35. The Morgan fingerprint density at radius 1 is 1.19 bits per heavy atom. The molecule has 0 unspecified atom stereocenters. The van der Waals surface area contributed by atoms with Crippen molar-refractivity contribution in [2.45, 2.75) is 6.42 Å². The standard InChI is InChI=1S/C14H10Cl2FNO2.Na/c15-10-2-1-3-11(16)14(10)18-12-5-4-9(17)6-8(12)7-13(19)20;/h1-6,18H,7H2,(H,19,20);/q;+1/p-1. The number of halogens is 3. The number of nitrogens with one attached hydrogen (secondary N) is 1. The number of aliphatic carboxylic acids is 1. The number of benzene rings is 2. The zero-order chi connectivity index (χ0) is 14.7. The van der Waals surface area contributed by atoms with Gasteiger partial charge in [-0.05, 0) is 35.9 Å². The van der Waals surface area contributed by atoms with Gasteiger partial charge in [-0.1, -0.05) is 29.3 Å². The van der Waals surface area contributed by atoms with Crippen molar-refractivity contribution in [1.29, 1.82) is 0 Å². The van der Waals surface area contributed by atoms with Gasteiger partial charge in [-0.2, -0.15) is 0 Å². The van der Waals surface area contributed by atoms with E-state index in [2.05, 4.69) is 5.32 Å². The molecule has 7 heteroatoms. The Hall–Kier alpha value is -0.780. The Morgan fingerprint density at radius 3 is 2.38 bits per heavy atom. The normalized spacial score (nSPS) is 9.86. The summed E-state index contributed by atoms with van der Waals surface area (Å²) in [7, 11) is 0. The number of hydrogen-bond acceptors (Lipinski definition) is 3. The van der Waals surface area contributed by atoms with E-state index in [0.29, 0.717) is 21.4 Å². The molecule has 1 N–H and O–H groups in total. The molecule has 0 aliphatic rings. The van der Waals surface area contributed by atoms with Gasteiger partial charge in [0, 0.05) is 18.1 Å². The molecule has 0 bridgehead atoms. The number of rotatable bonds is 4. The maximum absolute atomic E-state index is 13.2. The molecule has 0 aliphatic carbocycles. The Labute approximate surface area is 153 Å². The molecule has 0 fully saturated rings. The molecule has 21 heavy (non-hydrogen) atoms. The maximum atomic E-state index is 13.2. The molecular formula is C14H9Cl2FNNaO2. The second-order valence-corrected chi connectivity index (χ2v) is 4.89. The summed E-state index contributed by atoms with van der Waals surface area (Å²) in [6.07, 6.45) is -0.415. The predicted octanol–water partition coefficient (Wildman–Crippen LogP) is 0.172. The van der Waals surface area contributed by atoms with Crippen LogP contribution in [0.4, 0.5) is 15.8 Å². The van der Waals surface area contributed by atoms with E-state index in [1.165, 1.54) is 12.1 Å². The fourth-order valence-electron chi connectivity index (χ4n) is 1.74. The number of carbonyl (C=O) groups is 1. The molecule has 0 saturated heterocycles. The van der Waals surface area contributed by atoms with Gasteiger partial charge in [0.25, 0.3) is 0 Å². The van der Waals surface area contributed by atoms with E-state index in [1.807, 2.05) is 0 Å². The third-order valence-corrected chi connectivity index (χ3v) is 3.25. The number of anilines is 2. The second kappa shape index (κ2) is 8.01. The zero-order valence-corrected chi connectivity index (χ0v) is 14.6. The zero-order valence-electron chi connectivity index (χ0n) is 11.1. The molecule has 0 spiro atoms. The van der Waals surface area contributed by atoms with Gasteiger partial charge in [-0.25, -0.2) is 4.39 Å². The summed E-state index contributed by atoms with van der Waals surface area (Å²) in [6, 6.07) is 8.72. The van der Waals surface area contributed by atoms with Crippen LogP contribution in [0.15, 0.2) is 36.4 Å². The molecule has 2 rings (SSSR count). The molecule has 0 heterocycles. The van der Waals surface area contributed by atoms with E-state index >= 15 is 0 Å². The molecule has 0 saturated carbocycles.